The summed E-state index contributed by atoms with van der Waals surface area (Å²) in [5, 5.41) is 3.42. The summed E-state index contributed by atoms with van der Waals surface area (Å²) < 4.78 is 0. The fourth-order valence-corrected chi connectivity index (χ4v) is 2.29. The van der Waals surface area contributed by atoms with Crippen LogP contribution in [0.15, 0.2) is 24.3 Å². The third-order valence-electron chi connectivity index (χ3n) is 3.52. The van der Waals surface area contributed by atoms with E-state index >= 15 is 0 Å². The predicted molar refractivity (Wildman–Crippen MR) is 74.2 cm³/mol. The van der Waals surface area contributed by atoms with Crippen LogP contribution in [-0.4, -0.2) is 31.1 Å². The van der Waals surface area contributed by atoms with Gasteiger partial charge in [-0.3, -0.25) is 0 Å². The third-order valence-corrected chi connectivity index (χ3v) is 3.52. The second kappa shape index (κ2) is 5.92. The van der Waals surface area contributed by atoms with Crippen molar-refractivity contribution in [2.75, 3.05) is 37.2 Å². The number of benzene rings is 1. The molecule has 1 fully saturated rings. The van der Waals surface area contributed by atoms with Crippen LogP contribution in [0.25, 0.3) is 0 Å². The highest BCUT2D eigenvalue weighted by atomic mass is 15.1. The number of nitrogens with two attached hydrogens (primary N) is 1. The molecule has 2 rings (SSSR count). The van der Waals surface area contributed by atoms with Gasteiger partial charge < -0.3 is 16.0 Å². The minimum Gasteiger partial charge on any atom is -0.399 e. The van der Waals surface area contributed by atoms with Crippen molar-refractivity contribution in [2.45, 2.75) is 19.8 Å². The van der Waals surface area contributed by atoms with E-state index in [1.807, 2.05) is 18.2 Å². The number of anilines is 2. The molecule has 0 bridgehead atoms. The first-order chi connectivity index (χ1) is 8.24. The lowest BCUT2D eigenvalue weighted by atomic mass is 9.99. The van der Waals surface area contributed by atoms with E-state index in [0.29, 0.717) is 0 Å². The second-order valence-electron chi connectivity index (χ2n) is 5.08. The fourth-order valence-electron chi connectivity index (χ4n) is 2.29. The summed E-state index contributed by atoms with van der Waals surface area (Å²) in [6.45, 7) is 6.97. The molecule has 0 aromatic heterocycles. The van der Waals surface area contributed by atoms with Crippen molar-refractivity contribution < 1.29 is 0 Å². The van der Waals surface area contributed by atoms with Gasteiger partial charge >= 0.3 is 0 Å². The molecule has 0 atom stereocenters. The van der Waals surface area contributed by atoms with Gasteiger partial charge in [-0.15, -0.1) is 0 Å². The Bertz CT molecular complexity index is 343. The quantitative estimate of drug-likeness (QED) is 0.785. The van der Waals surface area contributed by atoms with Crippen LogP contribution in [-0.2, 0) is 0 Å². The number of rotatable bonds is 4. The molecule has 1 aromatic carbocycles. The highest BCUT2D eigenvalue weighted by molar-refractivity contribution is 5.53. The molecule has 1 aliphatic rings. The number of nitrogens with zero attached hydrogens (tertiary/aromatic N) is 1. The molecule has 1 aliphatic heterocycles. The lowest BCUT2D eigenvalue weighted by Gasteiger charge is -2.30. The Hall–Kier alpha value is -1.22. The van der Waals surface area contributed by atoms with E-state index in [0.717, 1.165) is 30.4 Å². The van der Waals surface area contributed by atoms with Gasteiger partial charge in [-0.2, -0.15) is 0 Å². The van der Waals surface area contributed by atoms with Crippen molar-refractivity contribution in [3.63, 3.8) is 0 Å². The Morgan fingerprint density at radius 2 is 2.12 bits per heavy atom. The van der Waals surface area contributed by atoms with Gasteiger partial charge in [0.25, 0.3) is 0 Å². The molecule has 0 amide bonds. The van der Waals surface area contributed by atoms with Crippen molar-refractivity contribution in [1.82, 2.24) is 4.90 Å². The minimum atomic E-state index is 0.821. The van der Waals surface area contributed by atoms with E-state index in [1.165, 1.54) is 25.9 Å². The summed E-state index contributed by atoms with van der Waals surface area (Å²) in [5.41, 5.74) is 7.68. The molecule has 1 heterocycles. The summed E-state index contributed by atoms with van der Waals surface area (Å²) >= 11 is 0. The zero-order valence-corrected chi connectivity index (χ0v) is 10.7. The van der Waals surface area contributed by atoms with Crippen molar-refractivity contribution in [3.8, 4) is 0 Å². The maximum absolute atomic E-state index is 5.74. The number of nitrogens with one attached hydrogen (secondary N) is 1. The van der Waals surface area contributed by atoms with E-state index in [4.69, 9.17) is 5.73 Å². The zero-order valence-electron chi connectivity index (χ0n) is 10.7. The molecule has 94 valence electrons. The number of hydrogen-bond acceptors (Lipinski definition) is 3. The standard InChI is InChI=1S/C14H23N3/c1-12-5-8-17(9-6-12)10-7-16-14-4-2-3-13(15)11-14/h2-4,11-12,16H,5-10,15H2,1H3. The fraction of sp³-hybridized carbons (Fsp3) is 0.571. The molecule has 0 radical (unpaired) electrons. The van der Waals surface area contributed by atoms with Gasteiger partial charge in [0.2, 0.25) is 0 Å². The van der Waals surface area contributed by atoms with Crippen molar-refractivity contribution in [2.24, 2.45) is 5.92 Å². The highest BCUT2D eigenvalue weighted by Crippen LogP contribution is 2.16. The van der Waals surface area contributed by atoms with Gasteiger partial charge in [-0.25, -0.2) is 0 Å². The van der Waals surface area contributed by atoms with Crippen molar-refractivity contribution in [1.29, 1.82) is 0 Å². The molecule has 0 saturated carbocycles. The topological polar surface area (TPSA) is 41.3 Å². The molecule has 0 unspecified atom stereocenters. The van der Waals surface area contributed by atoms with Gasteiger partial charge in [0.05, 0.1) is 0 Å². The Balaban J connectivity index is 1.69. The summed E-state index contributed by atoms with van der Waals surface area (Å²) in [7, 11) is 0. The lowest BCUT2D eigenvalue weighted by molar-refractivity contribution is 0.199. The summed E-state index contributed by atoms with van der Waals surface area (Å²) in [6, 6.07) is 7.95. The molecular weight excluding hydrogens is 210 g/mol. The number of hydrogen-bond donors (Lipinski definition) is 2. The molecule has 3 heteroatoms. The van der Waals surface area contributed by atoms with E-state index in [2.05, 4.69) is 23.2 Å². The smallest absolute Gasteiger partial charge is 0.0361 e. The highest BCUT2D eigenvalue weighted by Gasteiger charge is 2.14. The van der Waals surface area contributed by atoms with E-state index < -0.39 is 0 Å². The average molecular weight is 233 g/mol. The van der Waals surface area contributed by atoms with E-state index in [-0.39, 0.29) is 0 Å². The van der Waals surface area contributed by atoms with Gasteiger partial charge in [-0.05, 0) is 50.0 Å². The van der Waals surface area contributed by atoms with Crippen LogP contribution >= 0.6 is 0 Å². The van der Waals surface area contributed by atoms with Crippen LogP contribution in [0, 0.1) is 5.92 Å². The van der Waals surface area contributed by atoms with Crippen molar-refractivity contribution in [3.05, 3.63) is 24.3 Å². The largest absolute Gasteiger partial charge is 0.399 e. The van der Waals surface area contributed by atoms with E-state index in [9.17, 15) is 0 Å². The number of nitrogen functional groups attached to an aromatic ring is 1. The predicted octanol–water partition coefficient (Wildman–Crippen LogP) is 2.41. The maximum atomic E-state index is 5.74. The van der Waals surface area contributed by atoms with Gasteiger partial charge in [0.1, 0.15) is 0 Å². The first-order valence-corrected chi connectivity index (χ1v) is 6.56. The average Bonchev–Trinajstić information content (AvgIpc) is 2.32. The van der Waals surface area contributed by atoms with Crippen molar-refractivity contribution >= 4 is 11.4 Å². The Morgan fingerprint density at radius 1 is 1.35 bits per heavy atom. The molecule has 0 aliphatic carbocycles. The maximum Gasteiger partial charge on any atom is 0.0361 e. The summed E-state index contributed by atoms with van der Waals surface area (Å²) in [4.78, 5) is 2.54. The summed E-state index contributed by atoms with van der Waals surface area (Å²) in [6.07, 6.45) is 2.69. The first-order valence-electron chi connectivity index (χ1n) is 6.56. The molecule has 3 N–H and O–H groups in total. The number of piperidine rings is 1. The Labute approximate surface area is 104 Å². The molecule has 1 saturated heterocycles. The lowest BCUT2D eigenvalue weighted by Crippen LogP contribution is -2.36. The molecular formula is C14H23N3. The summed E-state index contributed by atoms with van der Waals surface area (Å²) in [5.74, 6) is 0.910. The van der Waals surface area contributed by atoms with Crippen LogP contribution in [0.2, 0.25) is 0 Å². The molecule has 1 aromatic rings. The Morgan fingerprint density at radius 3 is 2.82 bits per heavy atom. The van der Waals surface area contributed by atoms with Crippen LogP contribution in [0.1, 0.15) is 19.8 Å². The number of likely N-dealkylation sites (tertiary alicyclic amines) is 1. The van der Waals surface area contributed by atoms with Gasteiger partial charge in [0, 0.05) is 24.5 Å². The normalized spacial score (nSPS) is 18.2. The monoisotopic (exact) mass is 233 g/mol. The van der Waals surface area contributed by atoms with Crippen LogP contribution in [0.5, 0.6) is 0 Å². The molecule has 0 spiro atoms. The second-order valence-corrected chi connectivity index (χ2v) is 5.08. The van der Waals surface area contributed by atoms with E-state index in [1.54, 1.807) is 0 Å². The minimum absolute atomic E-state index is 0.821. The first kappa shape index (κ1) is 12.2. The molecule has 17 heavy (non-hydrogen) atoms. The van der Waals surface area contributed by atoms with Gasteiger partial charge in [-0.1, -0.05) is 13.0 Å². The SMILES string of the molecule is CC1CCN(CCNc2cccc(N)c2)CC1. The van der Waals surface area contributed by atoms with Gasteiger partial charge in [0.15, 0.2) is 0 Å². The zero-order chi connectivity index (χ0) is 12.1. The molecule has 3 nitrogen and oxygen atoms in total. The Kier molecular flexibility index (Phi) is 4.26. The third kappa shape index (κ3) is 3.93. The van der Waals surface area contributed by atoms with Crippen LogP contribution in [0.4, 0.5) is 11.4 Å². The van der Waals surface area contributed by atoms with Crippen LogP contribution < -0.4 is 11.1 Å². The van der Waals surface area contributed by atoms with Crippen LogP contribution in [0.3, 0.4) is 0 Å².